The molecule has 0 saturated heterocycles. The fourth-order valence-corrected chi connectivity index (χ4v) is 7.36. The molecular weight excluding hydrogens is 550 g/mol. The van der Waals surface area contributed by atoms with Crippen molar-refractivity contribution in [3.8, 4) is 0 Å². The lowest BCUT2D eigenvalue weighted by atomic mass is 9.89. The SMILES string of the molecule is CC(C)(O)c1ccccc1CCC(SCC1(CC(=O)O)CC1)C1=CC(C=Cc2ccc3ccc(Cl)cc3n2)CC=C1. The Bertz CT molecular complexity index is 1500. The highest BCUT2D eigenvalue weighted by molar-refractivity contribution is 8.00. The molecule has 0 bridgehead atoms. The minimum Gasteiger partial charge on any atom is -0.481 e. The molecule has 1 heterocycles. The Kier molecular flexibility index (Phi) is 9.08. The van der Waals surface area contributed by atoms with Gasteiger partial charge in [-0.3, -0.25) is 4.79 Å². The van der Waals surface area contributed by atoms with Gasteiger partial charge in [-0.1, -0.05) is 72.3 Å². The molecule has 41 heavy (non-hydrogen) atoms. The van der Waals surface area contributed by atoms with Crippen LogP contribution in [0.4, 0.5) is 0 Å². The number of aliphatic hydroxyl groups is 1. The van der Waals surface area contributed by atoms with Crippen molar-refractivity contribution < 1.29 is 15.0 Å². The number of thioether (sulfide) groups is 1. The van der Waals surface area contributed by atoms with Gasteiger partial charge in [0.25, 0.3) is 0 Å². The lowest BCUT2D eigenvalue weighted by Gasteiger charge is -2.26. The largest absolute Gasteiger partial charge is 0.481 e. The average molecular weight is 588 g/mol. The molecule has 1 aromatic heterocycles. The molecule has 1 saturated carbocycles. The third-order valence-corrected chi connectivity index (χ3v) is 10.0. The number of aromatic nitrogens is 1. The fraction of sp³-hybridized carbons (Fsp3) is 0.371. The molecule has 4 nitrogen and oxygen atoms in total. The molecule has 2 aromatic carbocycles. The van der Waals surface area contributed by atoms with Crippen LogP contribution >= 0.6 is 23.4 Å². The van der Waals surface area contributed by atoms with Gasteiger partial charge in [0.15, 0.2) is 0 Å². The number of halogens is 1. The lowest BCUT2D eigenvalue weighted by Crippen LogP contribution is -2.20. The van der Waals surface area contributed by atoms with Crippen molar-refractivity contribution in [2.24, 2.45) is 11.3 Å². The minimum atomic E-state index is -0.902. The number of hydrogen-bond donors (Lipinski definition) is 2. The van der Waals surface area contributed by atoms with Gasteiger partial charge in [-0.2, -0.15) is 11.8 Å². The predicted molar refractivity (Wildman–Crippen MR) is 171 cm³/mol. The van der Waals surface area contributed by atoms with Crippen molar-refractivity contribution >= 4 is 46.3 Å². The number of pyridine rings is 1. The van der Waals surface area contributed by atoms with Crippen LogP contribution in [-0.4, -0.2) is 32.2 Å². The van der Waals surface area contributed by atoms with Crippen molar-refractivity contribution in [3.05, 3.63) is 106 Å². The van der Waals surface area contributed by atoms with E-state index in [1.165, 1.54) is 5.57 Å². The maximum Gasteiger partial charge on any atom is 0.303 e. The van der Waals surface area contributed by atoms with E-state index >= 15 is 0 Å². The van der Waals surface area contributed by atoms with Gasteiger partial charge in [0, 0.05) is 21.4 Å². The molecule has 214 valence electrons. The quantitative estimate of drug-likeness (QED) is 0.222. The molecule has 0 radical (unpaired) electrons. The van der Waals surface area contributed by atoms with Crippen LogP contribution in [-0.2, 0) is 16.8 Å². The van der Waals surface area contributed by atoms with E-state index in [1.807, 2.05) is 68.1 Å². The molecule has 0 aliphatic heterocycles. The van der Waals surface area contributed by atoms with E-state index in [2.05, 4.69) is 42.5 Å². The molecule has 5 rings (SSSR count). The number of aryl methyl sites for hydroxylation is 1. The highest BCUT2D eigenvalue weighted by Crippen LogP contribution is 2.52. The van der Waals surface area contributed by atoms with E-state index in [1.54, 1.807) is 0 Å². The predicted octanol–water partition coefficient (Wildman–Crippen LogP) is 8.62. The van der Waals surface area contributed by atoms with E-state index in [0.29, 0.717) is 5.02 Å². The molecule has 0 amide bonds. The van der Waals surface area contributed by atoms with Gasteiger partial charge >= 0.3 is 5.97 Å². The first-order valence-corrected chi connectivity index (χ1v) is 15.8. The summed E-state index contributed by atoms with van der Waals surface area (Å²) in [7, 11) is 0. The number of aliphatic carboxylic acids is 1. The molecular formula is C35H38ClNO3S. The minimum absolute atomic E-state index is 0.0668. The third kappa shape index (κ3) is 7.91. The number of carboxylic acids is 1. The van der Waals surface area contributed by atoms with Crippen LogP contribution in [0.25, 0.3) is 17.0 Å². The smallest absolute Gasteiger partial charge is 0.303 e. The molecule has 2 atom stereocenters. The maximum atomic E-state index is 11.5. The Morgan fingerprint density at radius 1 is 1.20 bits per heavy atom. The van der Waals surface area contributed by atoms with E-state index in [9.17, 15) is 15.0 Å². The second-order valence-electron chi connectivity index (χ2n) is 12.0. The molecule has 2 aliphatic rings. The lowest BCUT2D eigenvalue weighted by molar-refractivity contribution is -0.138. The molecule has 6 heteroatoms. The van der Waals surface area contributed by atoms with Gasteiger partial charge in [0.2, 0.25) is 0 Å². The van der Waals surface area contributed by atoms with E-state index < -0.39 is 11.6 Å². The Morgan fingerprint density at radius 2 is 1.98 bits per heavy atom. The molecule has 2 aliphatic carbocycles. The zero-order valence-electron chi connectivity index (χ0n) is 23.7. The number of carboxylic acid groups (broad SMARTS) is 1. The molecule has 1 fully saturated rings. The van der Waals surface area contributed by atoms with Gasteiger partial charge < -0.3 is 10.2 Å². The summed E-state index contributed by atoms with van der Waals surface area (Å²) in [5.74, 6) is 0.407. The average Bonchev–Trinajstić information content (AvgIpc) is 3.70. The van der Waals surface area contributed by atoms with E-state index in [-0.39, 0.29) is 23.0 Å². The van der Waals surface area contributed by atoms with Crippen molar-refractivity contribution in [1.82, 2.24) is 4.98 Å². The first-order valence-electron chi connectivity index (χ1n) is 14.4. The molecule has 0 spiro atoms. The summed E-state index contributed by atoms with van der Waals surface area (Å²) in [6.45, 7) is 3.67. The van der Waals surface area contributed by atoms with Crippen molar-refractivity contribution in [2.75, 3.05) is 5.75 Å². The summed E-state index contributed by atoms with van der Waals surface area (Å²) in [6, 6.07) is 18.0. The summed E-state index contributed by atoms with van der Waals surface area (Å²) in [5.41, 5.74) is 4.24. The van der Waals surface area contributed by atoms with Crippen molar-refractivity contribution in [3.63, 3.8) is 0 Å². The fourth-order valence-electron chi connectivity index (χ4n) is 5.62. The molecule has 3 aromatic rings. The standard InChI is InChI=1S/C35H38ClNO3S/c1-34(2,40)30-9-4-3-7-25(30)13-17-32(41-23-35(18-19-35)22-33(38)39)27-8-5-6-24(20-27)10-15-29-16-12-26-11-14-28(36)21-31(26)37-29/h3-5,7-12,14-16,20-21,24,32,40H,6,13,17-19,22-23H2,1-2H3,(H,38,39). The van der Waals surface area contributed by atoms with Gasteiger partial charge in [0.05, 0.1) is 23.2 Å². The maximum absolute atomic E-state index is 11.5. The van der Waals surface area contributed by atoms with Crippen LogP contribution in [0.5, 0.6) is 0 Å². The first-order chi connectivity index (χ1) is 19.6. The Hall–Kier alpha value is -2.86. The topological polar surface area (TPSA) is 70.4 Å². The number of allylic oxidation sites excluding steroid dienone is 4. The van der Waals surface area contributed by atoms with Crippen molar-refractivity contribution in [2.45, 2.75) is 63.2 Å². The molecule has 2 N–H and O–H groups in total. The van der Waals surface area contributed by atoms with Crippen LogP contribution in [0.1, 0.15) is 62.8 Å². The van der Waals surface area contributed by atoms with Crippen LogP contribution in [0.2, 0.25) is 5.02 Å². The van der Waals surface area contributed by atoms with Gasteiger partial charge in [-0.05, 0) is 98.3 Å². The summed E-state index contributed by atoms with van der Waals surface area (Å²) in [4.78, 5) is 16.3. The van der Waals surface area contributed by atoms with Crippen molar-refractivity contribution in [1.29, 1.82) is 0 Å². The number of nitrogens with zero attached hydrogens (tertiary/aromatic N) is 1. The van der Waals surface area contributed by atoms with Crippen LogP contribution in [0.3, 0.4) is 0 Å². The second-order valence-corrected chi connectivity index (χ2v) is 13.7. The number of rotatable bonds is 12. The summed E-state index contributed by atoms with van der Waals surface area (Å²) in [5, 5.41) is 22.2. The number of hydrogen-bond acceptors (Lipinski definition) is 4. The summed E-state index contributed by atoms with van der Waals surface area (Å²) < 4.78 is 0. The second kappa shape index (κ2) is 12.6. The monoisotopic (exact) mass is 587 g/mol. The number of carbonyl (C=O) groups is 1. The zero-order valence-corrected chi connectivity index (χ0v) is 25.3. The summed E-state index contributed by atoms with van der Waals surface area (Å²) in [6.07, 6.45) is 16.1. The van der Waals surface area contributed by atoms with Gasteiger partial charge in [0.1, 0.15) is 0 Å². The Labute approximate surface area is 252 Å². The Balaban J connectivity index is 1.34. The zero-order chi connectivity index (χ0) is 29.0. The highest BCUT2D eigenvalue weighted by atomic mass is 35.5. The van der Waals surface area contributed by atoms with Crippen LogP contribution in [0, 0.1) is 11.3 Å². The van der Waals surface area contributed by atoms with E-state index in [4.69, 9.17) is 16.6 Å². The normalized spacial score (nSPS) is 18.9. The Morgan fingerprint density at radius 3 is 2.73 bits per heavy atom. The number of benzene rings is 2. The summed E-state index contributed by atoms with van der Waals surface area (Å²) >= 11 is 8.07. The highest BCUT2D eigenvalue weighted by Gasteiger charge is 2.44. The molecule has 2 unspecified atom stereocenters. The van der Waals surface area contributed by atoms with Gasteiger partial charge in [-0.15, -0.1) is 0 Å². The van der Waals surface area contributed by atoms with E-state index in [0.717, 1.165) is 65.6 Å². The van der Waals surface area contributed by atoms with Gasteiger partial charge in [-0.25, -0.2) is 4.98 Å². The van der Waals surface area contributed by atoms with Crippen LogP contribution < -0.4 is 0 Å². The number of fused-ring (bicyclic) bond motifs is 1. The van der Waals surface area contributed by atoms with Crippen LogP contribution in [0.15, 0.2) is 84.5 Å². The first kappa shape index (κ1) is 29.6. The third-order valence-electron chi connectivity index (χ3n) is 8.11.